The van der Waals surface area contributed by atoms with Crippen molar-refractivity contribution < 1.29 is 14.6 Å². The van der Waals surface area contributed by atoms with Gasteiger partial charge in [-0.15, -0.1) is 4.33 Å². The van der Waals surface area contributed by atoms with Crippen molar-refractivity contribution in [2.24, 2.45) is 0 Å². The summed E-state index contributed by atoms with van der Waals surface area (Å²) in [6.07, 6.45) is 0.911. The fraction of sp³-hybridized carbons (Fsp3) is 0.417. The minimum absolute atomic E-state index is 0.742. The maximum absolute atomic E-state index is 8.00. The van der Waals surface area contributed by atoms with Crippen LogP contribution in [0.25, 0.3) is 11.0 Å². The van der Waals surface area contributed by atoms with E-state index in [0.29, 0.717) is 0 Å². The first-order chi connectivity index (χ1) is 8.72. The summed E-state index contributed by atoms with van der Waals surface area (Å²) in [6.45, 7) is 4.94. The third-order valence-electron chi connectivity index (χ3n) is 2.78. The Morgan fingerprint density at radius 2 is 2.22 bits per heavy atom. The van der Waals surface area contributed by atoms with Gasteiger partial charge >= 0.3 is 0 Å². The lowest BCUT2D eigenvalue weighted by atomic mass is 10.2. The molecule has 1 aromatic heterocycles. The van der Waals surface area contributed by atoms with Crippen LogP contribution in [0.2, 0.25) is 0 Å². The first-order valence-corrected chi connectivity index (χ1v) is 6.66. The molecule has 1 N–H and O–H groups in total. The number of rotatable bonds is 6. The molecule has 0 saturated heterocycles. The summed E-state index contributed by atoms with van der Waals surface area (Å²) in [5, 5.41) is 11.5. The van der Waals surface area contributed by atoms with Crippen molar-refractivity contribution in [3.8, 4) is 0 Å². The fourth-order valence-corrected chi connectivity index (χ4v) is 2.34. The maximum Gasteiger partial charge on any atom is 0.106 e. The number of aromatic nitrogens is 2. The van der Waals surface area contributed by atoms with Gasteiger partial charge in [-0.2, -0.15) is 0 Å². The van der Waals surface area contributed by atoms with E-state index in [9.17, 15) is 0 Å². The van der Waals surface area contributed by atoms with Crippen LogP contribution in [0, 0.1) is 13.8 Å². The average Bonchev–Trinajstić information content (AvgIpc) is 2.64. The second kappa shape index (κ2) is 6.19. The molecule has 2 rings (SSSR count). The van der Waals surface area contributed by atoms with E-state index in [0.717, 1.165) is 47.6 Å². The van der Waals surface area contributed by atoms with Crippen molar-refractivity contribution in [3.63, 3.8) is 0 Å². The van der Waals surface area contributed by atoms with Crippen LogP contribution in [-0.2, 0) is 15.9 Å². The molecule has 18 heavy (non-hydrogen) atoms. The minimum Gasteiger partial charge on any atom is -0.328 e. The Hall–Kier alpha value is -1.08. The van der Waals surface area contributed by atoms with Crippen molar-refractivity contribution in [2.75, 3.05) is 5.75 Å². The highest BCUT2D eigenvalue weighted by atomic mass is 32.2. The molecule has 5 nitrogen and oxygen atoms in total. The normalized spacial score (nSPS) is 11.3. The van der Waals surface area contributed by atoms with Gasteiger partial charge in [0, 0.05) is 24.3 Å². The molecule has 0 bridgehead atoms. The Labute approximate surface area is 110 Å². The highest BCUT2D eigenvalue weighted by molar-refractivity contribution is 7.94. The van der Waals surface area contributed by atoms with Gasteiger partial charge in [0.05, 0.1) is 11.0 Å². The Balaban J connectivity index is 2.05. The average molecular weight is 268 g/mol. The predicted octanol–water partition coefficient (Wildman–Crippen LogP) is 3.11. The van der Waals surface area contributed by atoms with E-state index in [1.165, 1.54) is 5.56 Å². The van der Waals surface area contributed by atoms with Crippen LogP contribution in [-0.4, -0.2) is 20.6 Å². The predicted molar refractivity (Wildman–Crippen MR) is 71.1 cm³/mol. The monoisotopic (exact) mass is 268 g/mol. The molecule has 0 spiro atoms. The minimum atomic E-state index is 0.742. The van der Waals surface area contributed by atoms with Crippen LogP contribution in [0.5, 0.6) is 0 Å². The molecule has 2 aromatic rings. The lowest BCUT2D eigenvalue weighted by molar-refractivity contribution is -0.432. The molecule has 6 heteroatoms. The first-order valence-electron chi connectivity index (χ1n) is 5.75. The zero-order valence-corrected chi connectivity index (χ0v) is 11.2. The van der Waals surface area contributed by atoms with Crippen molar-refractivity contribution in [1.82, 2.24) is 9.55 Å². The topological polar surface area (TPSA) is 56.5 Å². The molecule has 98 valence electrons. The third-order valence-corrected chi connectivity index (χ3v) is 3.39. The van der Waals surface area contributed by atoms with Gasteiger partial charge in [0.1, 0.15) is 5.82 Å². The van der Waals surface area contributed by atoms with Gasteiger partial charge in [-0.1, -0.05) is 11.1 Å². The summed E-state index contributed by atoms with van der Waals surface area (Å²) in [5.41, 5.74) is 3.41. The third kappa shape index (κ3) is 3.02. The number of benzene rings is 1. The summed E-state index contributed by atoms with van der Waals surface area (Å²) >= 11 is 1.08. The van der Waals surface area contributed by atoms with Crippen LogP contribution in [0.1, 0.15) is 17.8 Å². The number of fused-ring (bicyclic) bond motifs is 1. The fourth-order valence-electron chi connectivity index (χ4n) is 1.98. The standard InChI is InChI=1S/C12H16N2O3S/c1-9-4-5-12-11(8-9)13-10(2)14(12)6-3-7-18-17-16-15/h4-5,8,15H,3,6-7H2,1-2H3. The zero-order chi connectivity index (χ0) is 13.0. The molecule has 0 aliphatic rings. The highest BCUT2D eigenvalue weighted by Gasteiger charge is 2.06. The largest absolute Gasteiger partial charge is 0.328 e. The smallest absolute Gasteiger partial charge is 0.106 e. The Bertz CT molecular complexity index is 527. The van der Waals surface area contributed by atoms with Crippen molar-refractivity contribution in [1.29, 1.82) is 0 Å². The van der Waals surface area contributed by atoms with E-state index in [-0.39, 0.29) is 0 Å². The van der Waals surface area contributed by atoms with Crippen LogP contribution in [0.15, 0.2) is 18.2 Å². The SMILES string of the molecule is Cc1ccc2c(c1)nc(C)n2CCCSOOO. The first kappa shape index (κ1) is 13.4. The molecule has 0 amide bonds. The summed E-state index contributed by atoms with van der Waals surface area (Å²) < 4.78 is 6.52. The van der Waals surface area contributed by atoms with Crippen LogP contribution >= 0.6 is 12.0 Å². The molecular weight excluding hydrogens is 252 g/mol. The molecule has 0 fully saturated rings. The van der Waals surface area contributed by atoms with E-state index in [2.05, 4.69) is 44.0 Å². The van der Waals surface area contributed by atoms with Crippen molar-refractivity contribution >= 4 is 23.1 Å². The molecule has 0 radical (unpaired) electrons. The number of hydrogen-bond acceptors (Lipinski definition) is 5. The number of hydrogen-bond donors (Lipinski definition) is 1. The number of imidazole rings is 1. The van der Waals surface area contributed by atoms with Crippen LogP contribution < -0.4 is 0 Å². The Kier molecular flexibility index (Phi) is 4.60. The van der Waals surface area contributed by atoms with Gasteiger partial charge in [-0.25, -0.2) is 10.2 Å². The van der Waals surface area contributed by atoms with E-state index in [1.807, 2.05) is 6.92 Å². The second-order valence-corrected chi connectivity index (χ2v) is 4.90. The second-order valence-electron chi connectivity index (χ2n) is 4.12. The Morgan fingerprint density at radius 1 is 1.39 bits per heavy atom. The van der Waals surface area contributed by atoms with Gasteiger partial charge in [-0.3, -0.25) is 0 Å². The molecular formula is C12H16N2O3S. The molecule has 0 aliphatic heterocycles. The van der Waals surface area contributed by atoms with Gasteiger partial charge in [0.25, 0.3) is 0 Å². The number of aryl methyl sites for hydroxylation is 3. The molecule has 1 heterocycles. The summed E-state index contributed by atoms with van der Waals surface area (Å²) in [7, 11) is 0. The lowest BCUT2D eigenvalue weighted by Crippen LogP contribution is -2.01. The maximum atomic E-state index is 8.00. The quantitative estimate of drug-likeness (QED) is 0.377. The van der Waals surface area contributed by atoms with Gasteiger partial charge in [-0.05, 0) is 38.0 Å². The summed E-state index contributed by atoms with van der Waals surface area (Å²) in [4.78, 5) is 4.55. The van der Waals surface area contributed by atoms with E-state index in [1.54, 1.807) is 0 Å². The van der Waals surface area contributed by atoms with E-state index < -0.39 is 0 Å². The molecule has 1 aromatic carbocycles. The van der Waals surface area contributed by atoms with E-state index >= 15 is 0 Å². The van der Waals surface area contributed by atoms with Crippen molar-refractivity contribution in [3.05, 3.63) is 29.6 Å². The van der Waals surface area contributed by atoms with Gasteiger partial charge in [0.2, 0.25) is 0 Å². The molecule has 0 atom stereocenters. The lowest BCUT2D eigenvalue weighted by Gasteiger charge is -2.06. The molecule has 0 unspecified atom stereocenters. The van der Waals surface area contributed by atoms with Gasteiger partial charge < -0.3 is 4.57 Å². The Morgan fingerprint density at radius 3 is 3.00 bits per heavy atom. The summed E-state index contributed by atoms with van der Waals surface area (Å²) in [6, 6.07) is 6.29. The molecule has 0 aliphatic carbocycles. The van der Waals surface area contributed by atoms with Gasteiger partial charge in [0.15, 0.2) is 0 Å². The van der Waals surface area contributed by atoms with Crippen LogP contribution in [0.4, 0.5) is 0 Å². The molecule has 0 saturated carbocycles. The zero-order valence-electron chi connectivity index (χ0n) is 10.4. The summed E-state index contributed by atoms with van der Waals surface area (Å²) in [5.74, 6) is 1.76. The number of nitrogens with zero attached hydrogens (tertiary/aromatic N) is 2. The highest BCUT2D eigenvalue weighted by Crippen LogP contribution is 2.18. The van der Waals surface area contributed by atoms with Crippen molar-refractivity contribution in [2.45, 2.75) is 26.8 Å². The van der Waals surface area contributed by atoms with Crippen LogP contribution in [0.3, 0.4) is 0 Å². The van der Waals surface area contributed by atoms with E-state index in [4.69, 9.17) is 5.26 Å².